The van der Waals surface area contributed by atoms with Crippen LogP contribution in [0, 0.1) is 11.3 Å². The monoisotopic (exact) mass is 212 g/mol. The minimum atomic E-state index is -0.198. The first-order valence-corrected chi connectivity index (χ1v) is 4.66. The van der Waals surface area contributed by atoms with Crippen LogP contribution < -0.4 is 5.56 Å². The first-order valence-electron chi connectivity index (χ1n) is 4.66. The van der Waals surface area contributed by atoms with E-state index in [9.17, 15) is 4.79 Å². The normalized spacial score (nSPS) is 9.69. The summed E-state index contributed by atoms with van der Waals surface area (Å²) in [6.45, 7) is 0.0632. The van der Waals surface area contributed by atoms with Crippen LogP contribution in [-0.4, -0.2) is 14.8 Å². The number of rotatable bonds is 2. The zero-order chi connectivity index (χ0) is 11.4. The molecule has 5 heteroatoms. The smallest absolute Gasteiger partial charge is 0.252 e. The topological polar surface area (TPSA) is 71.6 Å². The lowest BCUT2D eigenvalue weighted by molar-refractivity contribution is 0.789. The van der Waals surface area contributed by atoms with Gasteiger partial charge in [0.15, 0.2) is 0 Å². The van der Waals surface area contributed by atoms with E-state index < -0.39 is 0 Å². The Morgan fingerprint density at radius 1 is 1.31 bits per heavy atom. The molecule has 0 saturated heterocycles. The van der Waals surface area contributed by atoms with Gasteiger partial charge >= 0.3 is 0 Å². The molecule has 2 rings (SSSR count). The van der Waals surface area contributed by atoms with Crippen molar-refractivity contribution in [1.82, 2.24) is 14.8 Å². The zero-order valence-corrected chi connectivity index (χ0v) is 8.37. The van der Waals surface area contributed by atoms with Gasteiger partial charge in [-0.25, -0.2) is 0 Å². The van der Waals surface area contributed by atoms with E-state index in [-0.39, 0.29) is 12.1 Å². The molecule has 2 aromatic heterocycles. The molecular weight excluding hydrogens is 204 g/mol. The lowest BCUT2D eigenvalue weighted by Gasteiger charge is -2.02. The molecule has 0 atom stereocenters. The van der Waals surface area contributed by atoms with Crippen molar-refractivity contribution in [2.45, 2.75) is 6.54 Å². The third-order valence-electron chi connectivity index (χ3n) is 2.15. The van der Waals surface area contributed by atoms with Gasteiger partial charge in [-0.05, 0) is 17.7 Å². The maximum Gasteiger partial charge on any atom is 0.252 e. The maximum atomic E-state index is 11.6. The Hall–Kier alpha value is -2.48. The molecular formula is C11H8N4O. The van der Waals surface area contributed by atoms with Crippen LogP contribution in [0.1, 0.15) is 0 Å². The van der Waals surface area contributed by atoms with Gasteiger partial charge in [0, 0.05) is 17.8 Å². The number of hydrogen-bond acceptors (Lipinski definition) is 4. The standard InChI is InChI=1S/C11H8N4O/c12-3-6-15-5-2-9(7-11(15)16)10-1-4-13-14-8-10/h1-2,4-5,7-8H,6H2. The van der Waals surface area contributed by atoms with Crippen LogP contribution in [0.2, 0.25) is 0 Å². The van der Waals surface area contributed by atoms with Crippen LogP contribution in [0.25, 0.3) is 11.1 Å². The Kier molecular flexibility index (Phi) is 2.74. The van der Waals surface area contributed by atoms with Crippen LogP contribution in [0.3, 0.4) is 0 Å². The van der Waals surface area contributed by atoms with Gasteiger partial charge < -0.3 is 4.57 Å². The van der Waals surface area contributed by atoms with Gasteiger partial charge in [0.25, 0.3) is 5.56 Å². The molecule has 0 radical (unpaired) electrons. The maximum absolute atomic E-state index is 11.6. The lowest BCUT2D eigenvalue weighted by Crippen LogP contribution is -2.17. The van der Waals surface area contributed by atoms with E-state index >= 15 is 0 Å². The predicted molar refractivity (Wildman–Crippen MR) is 57.3 cm³/mol. The van der Waals surface area contributed by atoms with Gasteiger partial charge in [-0.2, -0.15) is 15.5 Å². The summed E-state index contributed by atoms with van der Waals surface area (Å²) in [6.07, 6.45) is 4.75. The summed E-state index contributed by atoms with van der Waals surface area (Å²) in [5.41, 5.74) is 1.40. The van der Waals surface area contributed by atoms with Crippen LogP contribution >= 0.6 is 0 Å². The van der Waals surface area contributed by atoms with E-state index in [1.165, 1.54) is 10.6 Å². The third-order valence-corrected chi connectivity index (χ3v) is 2.15. The number of aromatic nitrogens is 3. The second-order valence-electron chi connectivity index (χ2n) is 3.17. The van der Waals surface area contributed by atoms with Gasteiger partial charge in [0.2, 0.25) is 0 Å². The quantitative estimate of drug-likeness (QED) is 0.739. The Morgan fingerprint density at radius 2 is 2.19 bits per heavy atom. The second kappa shape index (κ2) is 4.36. The molecule has 0 unspecified atom stereocenters. The van der Waals surface area contributed by atoms with Crippen molar-refractivity contribution in [3.8, 4) is 17.2 Å². The van der Waals surface area contributed by atoms with E-state index in [0.717, 1.165) is 11.1 Å². The van der Waals surface area contributed by atoms with Gasteiger partial charge in [0.05, 0.1) is 18.5 Å². The number of hydrogen-bond donors (Lipinski definition) is 0. The summed E-state index contributed by atoms with van der Waals surface area (Å²) in [4.78, 5) is 11.6. The fourth-order valence-corrected chi connectivity index (χ4v) is 1.36. The Labute approximate surface area is 91.6 Å². The molecule has 0 aliphatic carbocycles. The molecule has 0 aromatic carbocycles. The Bertz CT molecular complexity index is 583. The van der Waals surface area contributed by atoms with E-state index in [0.29, 0.717) is 0 Å². The van der Waals surface area contributed by atoms with E-state index in [1.807, 2.05) is 6.07 Å². The highest BCUT2D eigenvalue weighted by atomic mass is 16.1. The molecule has 0 N–H and O–H groups in total. The van der Waals surface area contributed by atoms with Crippen molar-refractivity contribution in [2.24, 2.45) is 0 Å². The summed E-state index contributed by atoms with van der Waals surface area (Å²) in [6, 6.07) is 6.95. The fourth-order valence-electron chi connectivity index (χ4n) is 1.36. The first-order chi connectivity index (χ1) is 7.81. The molecule has 16 heavy (non-hydrogen) atoms. The molecule has 2 aromatic rings. The van der Waals surface area contributed by atoms with E-state index in [1.54, 1.807) is 30.7 Å². The third kappa shape index (κ3) is 1.96. The van der Waals surface area contributed by atoms with Crippen molar-refractivity contribution in [3.05, 3.63) is 47.1 Å². The molecule has 0 saturated carbocycles. The molecule has 0 amide bonds. The highest BCUT2D eigenvalue weighted by Crippen LogP contribution is 2.14. The first kappa shape index (κ1) is 10.1. The van der Waals surface area contributed by atoms with Crippen molar-refractivity contribution < 1.29 is 0 Å². The Balaban J connectivity index is 2.44. The largest absolute Gasteiger partial charge is 0.302 e. The fraction of sp³-hybridized carbons (Fsp3) is 0.0909. The van der Waals surface area contributed by atoms with Crippen molar-refractivity contribution >= 4 is 0 Å². The van der Waals surface area contributed by atoms with Crippen molar-refractivity contribution in [2.75, 3.05) is 0 Å². The molecule has 0 aliphatic rings. The average Bonchev–Trinajstić information content (AvgIpc) is 2.33. The van der Waals surface area contributed by atoms with Gasteiger partial charge in [0.1, 0.15) is 6.54 Å². The summed E-state index contributed by atoms with van der Waals surface area (Å²) in [5.74, 6) is 0. The molecule has 0 bridgehead atoms. The second-order valence-corrected chi connectivity index (χ2v) is 3.17. The molecule has 5 nitrogen and oxygen atoms in total. The highest BCUT2D eigenvalue weighted by Gasteiger charge is 2.00. The SMILES string of the molecule is N#CCn1ccc(-c2ccnnc2)cc1=O. The highest BCUT2D eigenvalue weighted by molar-refractivity contribution is 5.60. The molecule has 0 aliphatic heterocycles. The lowest BCUT2D eigenvalue weighted by atomic mass is 10.1. The number of nitrogens with zero attached hydrogens (tertiary/aromatic N) is 4. The minimum absolute atomic E-state index is 0.0632. The molecule has 0 spiro atoms. The number of nitriles is 1. The summed E-state index contributed by atoms with van der Waals surface area (Å²) in [7, 11) is 0. The van der Waals surface area contributed by atoms with E-state index in [2.05, 4.69) is 10.2 Å². The summed E-state index contributed by atoms with van der Waals surface area (Å²) < 4.78 is 1.35. The van der Waals surface area contributed by atoms with E-state index in [4.69, 9.17) is 5.26 Å². The Morgan fingerprint density at radius 3 is 2.81 bits per heavy atom. The van der Waals surface area contributed by atoms with Crippen molar-refractivity contribution in [3.63, 3.8) is 0 Å². The van der Waals surface area contributed by atoms with Crippen LogP contribution in [-0.2, 0) is 6.54 Å². The summed E-state index contributed by atoms with van der Waals surface area (Å²) >= 11 is 0. The van der Waals surface area contributed by atoms with Gasteiger partial charge in [-0.3, -0.25) is 4.79 Å². The molecule has 0 fully saturated rings. The summed E-state index contributed by atoms with van der Waals surface area (Å²) in [5, 5.41) is 15.9. The zero-order valence-electron chi connectivity index (χ0n) is 8.37. The predicted octanol–water partition coefficient (Wildman–Crippen LogP) is 0.829. The van der Waals surface area contributed by atoms with Crippen LogP contribution in [0.5, 0.6) is 0 Å². The van der Waals surface area contributed by atoms with Crippen molar-refractivity contribution in [1.29, 1.82) is 5.26 Å². The number of pyridine rings is 1. The van der Waals surface area contributed by atoms with Gasteiger partial charge in [-0.15, -0.1) is 0 Å². The van der Waals surface area contributed by atoms with Crippen LogP contribution in [0.4, 0.5) is 0 Å². The van der Waals surface area contributed by atoms with Gasteiger partial charge in [-0.1, -0.05) is 0 Å². The average molecular weight is 212 g/mol. The molecule has 78 valence electrons. The minimum Gasteiger partial charge on any atom is -0.302 e. The molecule has 2 heterocycles. The van der Waals surface area contributed by atoms with Crippen LogP contribution in [0.15, 0.2) is 41.6 Å².